The zero-order valence-corrected chi connectivity index (χ0v) is 15.6. The maximum absolute atomic E-state index is 12.2. The van der Waals surface area contributed by atoms with Gasteiger partial charge in [0.1, 0.15) is 5.78 Å². The zero-order valence-electron chi connectivity index (χ0n) is 15.6. The molecule has 1 aliphatic heterocycles. The summed E-state index contributed by atoms with van der Waals surface area (Å²) in [5, 5.41) is 2.87. The lowest BCUT2D eigenvalue weighted by atomic mass is 10.0. The highest BCUT2D eigenvalue weighted by Gasteiger charge is 2.24. The van der Waals surface area contributed by atoms with E-state index in [1.54, 1.807) is 0 Å². The summed E-state index contributed by atoms with van der Waals surface area (Å²) >= 11 is 0. The highest BCUT2D eigenvalue weighted by Crippen LogP contribution is 2.09. The molecule has 1 atom stereocenters. The number of carbonyl (C=O) groups excluding carboxylic acids is 4. The van der Waals surface area contributed by atoms with E-state index < -0.39 is 0 Å². The van der Waals surface area contributed by atoms with Crippen LogP contribution in [0, 0.1) is 5.92 Å². The predicted octanol–water partition coefficient (Wildman–Crippen LogP) is 0.743. The summed E-state index contributed by atoms with van der Waals surface area (Å²) in [6.07, 6.45) is 4.22. The Morgan fingerprint density at radius 2 is 1.72 bits per heavy atom. The number of nitrogens with one attached hydrogen (secondary N) is 1. The Labute approximate surface area is 149 Å². The van der Waals surface area contributed by atoms with Crippen molar-refractivity contribution in [2.75, 3.05) is 27.2 Å². The van der Waals surface area contributed by atoms with Gasteiger partial charge in [0.25, 0.3) is 11.8 Å². The molecule has 1 aliphatic rings. The van der Waals surface area contributed by atoms with Gasteiger partial charge in [-0.05, 0) is 32.9 Å². The molecule has 25 heavy (non-hydrogen) atoms. The number of hydrogen-bond donors (Lipinski definition) is 1. The first kappa shape index (κ1) is 21.0. The molecule has 0 radical (unpaired) electrons. The lowest BCUT2D eigenvalue weighted by Gasteiger charge is -2.24. The molecule has 0 bridgehead atoms. The molecule has 0 aromatic carbocycles. The lowest BCUT2D eigenvalue weighted by molar-refractivity contribution is -0.137. The number of rotatable bonds is 11. The second kappa shape index (κ2) is 10.1. The van der Waals surface area contributed by atoms with E-state index in [1.165, 1.54) is 12.2 Å². The minimum absolute atomic E-state index is 0.0203. The Bertz CT molecular complexity index is 522. The van der Waals surface area contributed by atoms with E-state index in [-0.39, 0.29) is 42.5 Å². The number of ketones is 1. The van der Waals surface area contributed by atoms with Gasteiger partial charge in [-0.2, -0.15) is 0 Å². The second-order valence-corrected chi connectivity index (χ2v) is 6.95. The SMILES string of the molecule is CC(C)CC(C(=O)NCCCC(=O)CCN1C(=O)C=CC1=O)N(C)C. The van der Waals surface area contributed by atoms with Crippen LogP contribution in [0.25, 0.3) is 0 Å². The Balaban J connectivity index is 2.23. The van der Waals surface area contributed by atoms with Crippen molar-refractivity contribution in [3.05, 3.63) is 12.2 Å². The van der Waals surface area contributed by atoms with Crippen LogP contribution in [0.3, 0.4) is 0 Å². The molecule has 0 aromatic heterocycles. The Morgan fingerprint density at radius 1 is 1.12 bits per heavy atom. The van der Waals surface area contributed by atoms with E-state index in [2.05, 4.69) is 19.2 Å². The molecule has 0 fully saturated rings. The third kappa shape index (κ3) is 7.17. The van der Waals surface area contributed by atoms with E-state index in [9.17, 15) is 19.2 Å². The van der Waals surface area contributed by atoms with Crippen LogP contribution in [0.1, 0.15) is 39.5 Å². The van der Waals surface area contributed by atoms with Gasteiger partial charge in [0, 0.05) is 38.1 Å². The number of nitrogens with zero attached hydrogens (tertiary/aromatic N) is 2. The fourth-order valence-corrected chi connectivity index (χ4v) is 2.63. The molecule has 7 nitrogen and oxygen atoms in total. The molecule has 0 saturated heterocycles. The van der Waals surface area contributed by atoms with Crippen LogP contribution in [-0.4, -0.2) is 66.5 Å². The van der Waals surface area contributed by atoms with E-state index in [4.69, 9.17) is 0 Å². The van der Waals surface area contributed by atoms with Gasteiger partial charge >= 0.3 is 0 Å². The van der Waals surface area contributed by atoms with Crippen molar-refractivity contribution in [2.45, 2.75) is 45.6 Å². The number of likely N-dealkylation sites (N-methyl/N-ethyl adjacent to an activating group) is 1. The van der Waals surface area contributed by atoms with Gasteiger partial charge in [0.05, 0.1) is 6.04 Å². The highest BCUT2D eigenvalue weighted by molar-refractivity contribution is 6.13. The van der Waals surface area contributed by atoms with Crippen LogP contribution in [0.15, 0.2) is 12.2 Å². The van der Waals surface area contributed by atoms with Crippen molar-refractivity contribution in [1.29, 1.82) is 0 Å². The zero-order chi connectivity index (χ0) is 19.0. The monoisotopic (exact) mass is 351 g/mol. The third-order valence-electron chi connectivity index (χ3n) is 4.07. The van der Waals surface area contributed by atoms with Crippen molar-refractivity contribution < 1.29 is 19.2 Å². The molecule has 0 aromatic rings. The molecular weight excluding hydrogens is 322 g/mol. The summed E-state index contributed by atoms with van der Waals surface area (Å²) in [7, 11) is 3.76. The van der Waals surface area contributed by atoms with Gasteiger partial charge in [0.2, 0.25) is 5.91 Å². The average Bonchev–Trinajstić information content (AvgIpc) is 2.85. The molecule has 3 amide bonds. The number of imide groups is 1. The first-order valence-electron chi connectivity index (χ1n) is 8.71. The summed E-state index contributed by atoms with van der Waals surface area (Å²) in [4.78, 5) is 49.8. The number of hydrogen-bond acceptors (Lipinski definition) is 5. The van der Waals surface area contributed by atoms with Crippen LogP contribution in [-0.2, 0) is 19.2 Å². The highest BCUT2D eigenvalue weighted by atomic mass is 16.2. The third-order valence-corrected chi connectivity index (χ3v) is 4.07. The van der Waals surface area contributed by atoms with Crippen LogP contribution in [0.5, 0.6) is 0 Å². The van der Waals surface area contributed by atoms with E-state index in [0.29, 0.717) is 25.3 Å². The van der Waals surface area contributed by atoms with E-state index in [0.717, 1.165) is 11.3 Å². The second-order valence-electron chi connectivity index (χ2n) is 6.95. The minimum atomic E-state index is -0.370. The Hall–Kier alpha value is -2.02. The van der Waals surface area contributed by atoms with Gasteiger partial charge in [-0.15, -0.1) is 0 Å². The summed E-state index contributed by atoms with van der Waals surface area (Å²) in [6, 6.07) is -0.171. The Morgan fingerprint density at radius 3 is 2.24 bits per heavy atom. The fourth-order valence-electron chi connectivity index (χ4n) is 2.63. The van der Waals surface area contributed by atoms with E-state index >= 15 is 0 Å². The molecular formula is C18H29N3O4. The lowest BCUT2D eigenvalue weighted by Crippen LogP contribution is -2.44. The van der Waals surface area contributed by atoms with Gasteiger partial charge in [0.15, 0.2) is 0 Å². The van der Waals surface area contributed by atoms with Gasteiger partial charge in [-0.25, -0.2) is 0 Å². The summed E-state index contributed by atoms with van der Waals surface area (Å²) in [5.74, 6) is -0.362. The maximum Gasteiger partial charge on any atom is 0.253 e. The first-order chi connectivity index (χ1) is 11.7. The molecule has 1 heterocycles. The van der Waals surface area contributed by atoms with E-state index in [1.807, 2.05) is 19.0 Å². The van der Waals surface area contributed by atoms with Gasteiger partial charge in [-0.1, -0.05) is 13.8 Å². The van der Waals surface area contributed by atoms with Crippen molar-refractivity contribution in [1.82, 2.24) is 15.1 Å². The largest absolute Gasteiger partial charge is 0.355 e. The molecule has 140 valence electrons. The molecule has 0 saturated carbocycles. The summed E-state index contributed by atoms with van der Waals surface area (Å²) < 4.78 is 0. The van der Waals surface area contributed by atoms with Crippen LogP contribution in [0.4, 0.5) is 0 Å². The smallest absolute Gasteiger partial charge is 0.253 e. The maximum atomic E-state index is 12.2. The topological polar surface area (TPSA) is 86.8 Å². The van der Waals surface area contributed by atoms with Gasteiger partial charge < -0.3 is 5.32 Å². The first-order valence-corrected chi connectivity index (χ1v) is 8.71. The van der Waals surface area contributed by atoms with Crippen LogP contribution >= 0.6 is 0 Å². The summed E-state index contributed by atoms with van der Waals surface area (Å²) in [5.41, 5.74) is 0. The molecule has 1 N–H and O–H groups in total. The molecule has 0 spiro atoms. The number of carbonyl (C=O) groups is 4. The molecule has 0 aliphatic carbocycles. The standard InChI is InChI=1S/C18H29N3O4/c1-13(2)12-15(20(3)4)18(25)19-10-5-6-14(22)9-11-21-16(23)7-8-17(21)24/h7-8,13,15H,5-6,9-12H2,1-4H3,(H,19,25). The van der Waals surface area contributed by atoms with Crippen LogP contribution in [0.2, 0.25) is 0 Å². The molecule has 1 unspecified atom stereocenters. The van der Waals surface area contributed by atoms with Crippen molar-refractivity contribution in [3.63, 3.8) is 0 Å². The van der Waals surface area contributed by atoms with Crippen LogP contribution < -0.4 is 5.32 Å². The van der Waals surface area contributed by atoms with Crippen molar-refractivity contribution in [3.8, 4) is 0 Å². The molecule has 7 heteroatoms. The Kier molecular flexibility index (Phi) is 8.48. The normalized spacial score (nSPS) is 15.4. The number of Topliss-reactive ketones (excluding diaryl/α,β-unsaturated/α-hetero) is 1. The fraction of sp³-hybridized carbons (Fsp3) is 0.667. The predicted molar refractivity (Wildman–Crippen MR) is 94.7 cm³/mol. The average molecular weight is 351 g/mol. The van der Waals surface area contributed by atoms with Gasteiger partial charge in [-0.3, -0.25) is 29.0 Å². The minimum Gasteiger partial charge on any atom is -0.355 e. The molecule has 1 rings (SSSR count). The number of amides is 3. The van der Waals surface area contributed by atoms with Crippen molar-refractivity contribution >= 4 is 23.5 Å². The summed E-state index contributed by atoms with van der Waals surface area (Å²) in [6.45, 7) is 4.71. The quantitative estimate of drug-likeness (QED) is 0.438. The van der Waals surface area contributed by atoms with Crippen molar-refractivity contribution in [2.24, 2.45) is 5.92 Å².